The second-order valence-corrected chi connectivity index (χ2v) is 3.12. The predicted octanol–water partition coefficient (Wildman–Crippen LogP) is 1.45. The normalized spacial score (nSPS) is 35.8. The van der Waals surface area contributed by atoms with Gasteiger partial charge in [0.15, 0.2) is 6.04 Å². The molecule has 2 rings (SSSR count). The van der Waals surface area contributed by atoms with Gasteiger partial charge in [0.1, 0.15) is 6.42 Å². The van der Waals surface area contributed by atoms with E-state index in [1.807, 2.05) is 0 Å². The third-order valence-corrected chi connectivity index (χ3v) is 2.52. The number of hydrogen-bond acceptors (Lipinski definition) is 1. The maximum Gasteiger partial charge on any atom is 0.151 e. The lowest BCUT2D eigenvalue weighted by atomic mass is 10.0. The van der Waals surface area contributed by atoms with Crippen LogP contribution in [0.15, 0.2) is 0 Å². The first-order valence-electron chi connectivity index (χ1n) is 4.04. The zero-order valence-corrected chi connectivity index (χ0v) is 5.84. The fraction of sp³-hybridized carbons (Fsp3) is 0.875. The van der Waals surface area contributed by atoms with E-state index in [4.69, 9.17) is 0 Å². The highest BCUT2D eigenvalue weighted by Crippen LogP contribution is 2.25. The molecule has 2 fully saturated rings. The molecule has 2 saturated heterocycles. The Morgan fingerprint density at radius 3 is 3.11 bits per heavy atom. The second-order valence-electron chi connectivity index (χ2n) is 3.12. The number of nitrogens with zero attached hydrogens (tertiary/aromatic N) is 1. The smallest absolute Gasteiger partial charge is 0.151 e. The first kappa shape index (κ1) is 5.60. The maximum atomic E-state index is 2.61. The summed E-state index contributed by atoms with van der Waals surface area (Å²) in [6.07, 6.45) is 8.14. The van der Waals surface area contributed by atoms with Crippen LogP contribution in [0.4, 0.5) is 0 Å². The van der Waals surface area contributed by atoms with Crippen LogP contribution in [0, 0.1) is 6.42 Å². The molecule has 2 heterocycles. The van der Waals surface area contributed by atoms with Gasteiger partial charge in [-0.15, -0.1) is 0 Å². The molecule has 0 saturated carbocycles. The van der Waals surface area contributed by atoms with Gasteiger partial charge in [0.2, 0.25) is 0 Å². The number of rotatable bonds is 0. The summed E-state index contributed by atoms with van der Waals surface area (Å²) in [5, 5.41) is 0. The van der Waals surface area contributed by atoms with E-state index in [1.165, 1.54) is 38.8 Å². The molecular weight excluding hydrogens is 110 g/mol. The third kappa shape index (κ3) is 0.940. The summed E-state index contributed by atoms with van der Waals surface area (Å²) in [6.45, 7) is 2.70. The Balaban J connectivity index is 1.97. The number of piperidine rings is 1. The van der Waals surface area contributed by atoms with Gasteiger partial charge in [0.25, 0.3) is 0 Å². The summed E-state index contributed by atoms with van der Waals surface area (Å²) < 4.78 is 0. The van der Waals surface area contributed by atoms with Gasteiger partial charge in [-0.2, -0.15) is 0 Å². The molecule has 0 N–H and O–H groups in total. The van der Waals surface area contributed by atoms with Crippen molar-refractivity contribution in [3.63, 3.8) is 0 Å². The van der Waals surface area contributed by atoms with Gasteiger partial charge in [-0.05, 0) is 12.8 Å². The van der Waals surface area contributed by atoms with Crippen molar-refractivity contribution in [3.05, 3.63) is 6.42 Å². The summed E-state index contributed by atoms with van der Waals surface area (Å²) >= 11 is 0. The SMILES string of the molecule is [CH+]1CCN2CCCCC12. The van der Waals surface area contributed by atoms with Crippen molar-refractivity contribution in [1.82, 2.24) is 4.90 Å². The van der Waals surface area contributed by atoms with Crippen LogP contribution < -0.4 is 0 Å². The highest BCUT2D eigenvalue weighted by Gasteiger charge is 2.33. The summed E-state index contributed by atoms with van der Waals surface area (Å²) in [7, 11) is 0. The summed E-state index contributed by atoms with van der Waals surface area (Å²) in [6, 6.07) is 0.874. The maximum absolute atomic E-state index is 2.61. The molecule has 0 aliphatic carbocycles. The molecule has 0 aromatic carbocycles. The van der Waals surface area contributed by atoms with Gasteiger partial charge >= 0.3 is 0 Å². The fourth-order valence-corrected chi connectivity index (χ4v) is 1.99. The Morgan fingerprint density at radius 1 is 1.22 bits per heavy atom. The first-order chi connectivity index (χ1) is 4.47. The van der Waals surface area contributed by atoms with Crippen molar-refractivity contribution in [1.29, 1.82) is 0 Å². The highest BCUT2D eigenvalue weighted by atomic mass is 15.2. The minimum Gasteiger partial charge on any atom is -0.259 e. The van der Waals surface area contributed by atoms with Gasteiger partial charge < -0.3 is 0 Å². The Hall–Kier alpha value is -0.170. The molecule has 0 spiro atoms. The van der Waals surface area contributed by atoms with E-state index in [1.54, 1.807) is 0 Å². The molecule has 1 heteroatoms. The average molecular weight is 124 g/mol. The summed E-state index contributed by atoms with van der Waals surface area (Å²) in [4.78, 5) is 2.61. The van der Waals surface area contributed by atoms with Crippen LogP contribution in [-0.4, -0.2) is 24.0 Å². The van der Waals surface area contributed by atoms with Crippen molar-refractivity contribution in [2.45, 2.75) is 31.7 Å². The zero-order chi connectivity index (χ0) is 6.10. The standard InChI is InChI=1S/C8H14N/c1-2-6-9-7-3-5-8(9)4-1/h5,8H,1-4,6-7H2/q+1. The molecular formula is C8H14N+. The lowest BCUT2D eigenvalue weighted by Crippen LogP contribution is -2.33. The van der Waals surface area contributed by atoms with E-state index >= 15 is 0 Å². The van der Waals surface area contributed by atoms with Crippen LogP contribution in [0.5, 0.6) is 0 Å². The van der Waals surface area contributed by atoms with Crippen molar-refractivity contribution < 1.29 is 0 Å². The van der Waals surface area contributed by atoms with Crippen LogP contribution >= 0.6 is 0 Å². The topological polar surface area (TPSA) is 3.24 Å². The molecule has 9 heavy (non-hydrogen) atoms. The van der Waals surface area contributed by atoms with Crippen molar-refractivity contribution in [3.8, 4) is 0 Å². The van der Waals surface area contributed by atoms with Crippen molar-refractivity contribution in [2.24, 2.45) is 0 Å². The zero-order valence-electron chi connectivity index (χ0n) is 5.84. The molecule has 2 aliphatic heterocycles. The lowest BCUT2D eigenvalue weighted by Gasteiger charge is -2.23. The quantitative estimate of drug-likeness (QED) is 0.442. The molecule has 0 bridgehead atoms. The Morgan fingerprint density at radius 2 is 2.22 bits per heavy atom. The van der Waals surface area contributed by atoms with E-state index in [0.29, 0.717) is 0 Å². The molecule has 1 unspecified atom stereocenters. The third-order valence-electron chi connectivity index (χ3n) is 2.52. The van der Waals surface area contributed by atoms with Crippen molar-refractivity contribution >= 4 is 0 Å². The summed E-state index contributed by atoms with van der Waals surface area (Å²) in [5.41, 5.74) is 0. The molecule has 1 nitrogen and oxygen atoms in total. The summed E-state index contributed by atoms with van der Waals surface area (Å²) in [5.74, 6) is 0. The lowest BCUT2D eigenvalue weighted by molar-refractivity contribution is 0.212. The number of hydrogen-bond donors (Lipinski definition) is 0. The minimum absolute atomic E-state index is 0.874. The van der Waals surface area contributed by atoms with Gasteiger partial charge in [0, 0.05) is 19.5 Å². The van der Waals surface area contributed by atoms with E-state index in [9.17, 15) is 0 Å². The van der Waals surface area contributed by atoms with Gasteiger partial charge in [-0.25, -0.2) is 0 Å². The van der Waals surface area contributed by atoms with Crippen LogP contribution in [0.1, 0.15) is 25.7 Å². The molecule has 2 aliphatic rings. The first-order valence-corrected chi connectivity index (χ1v) is 4.04. The van der Waals surface area contributed by atoms with E-state index < -0.39 is 0 Å². The van der Waals surface area contributed by atoms with Crippen molar-refractivity contribution in [2.75, 3.05) is 13.1 Å². The Labute approximate surface area is 57.0 Å². The Bertz CT molecular complexity index is 88.7. The Kier molecular flexibility index (Phi) is 1.38. The average Bonchev–Trinajstić information content (AvgIpc) is 2.33. The second kappa shape index (κ2) is 2.22. The predicted molar refractivity (Wildman–Crippen MR) is 38.1 cm³/mol. The van der Waals surface area contributed by atoms with Gasteiger partial charge in [-0.3, -0.25) is 4.90 Å². The molecule has 0 aromatic rings. The van der Waals surface area contributed by atoms with E-state index in [0.717, 1.165) is 6.04 Å². The number of fused-ring (bicyclic) bond motifs is 1. The fourth-order valence-electron chi connectivity index (χ4n) is 1.99. The van der Waals surface area contributed by atoms with Crippen LogP contribution in [0.25, 0.3) is 0 Å². The van der Waals surface area contributed by atoms with Gasteiger partial charge in [0.05, 0.1) is 6.42 Å². The van der Waals surface area contributed by atoms with Gasteiger partial charge in [-0.1, -0.05) is 0 Å². The largest absolute Gasteiger partial charge is 0.259 e. The molecule has 50 valence electrons. The van der Waals surface area contributed by atoms with Crippen LogP contribution in [0.3, 0.4) is 0 Å². The highest BCUT2D eigenvalue weighted by molar-refractivity contribution is 4.94. The van der Waals surface area contributed by atoms with Crippen LogP contribution in [-0.2, 0) is 0 Å². The monoisotopic (exact) mass is 124 g/mol. The van der Waals surface area contributed by atoms with Crippen LogP contribution in [0.2, 0.25) is 0 Å². The molecule has 0 radical (unpaired) electrons. The minimum atomic E-state index is 0.874. The van der Waals surface area contributed by atoms with E-state index in [2.05, 4.69) is 11.3 Å². The molecule has 0 aromatic heterocycles. The molecule has 0 amide bonds. The molecule has 1 atom stereocenters. The van der Waals surface area contributed by atoms with E-state index in [-0.39, 0.29) is 0 Å².